The van der Waals surface area contributed by atoms with Crippen LogP contribution in [0.25, 0.3) is 0 Å². The van der Waals surface area contributed by atoms with Crippen molar-refractivity contribution in [1.29, 1.82) is 0 Å². The lowest BCUT2D eigenvalue weighted by atomic mass is 9.99. The first-order valence-corrected chi connectivity index (χ1v) is 9.73. The fourth-order valence-corrected chi connectivity index (χ4v) is 2.88. The van der Waals surface area contributed by atoms with Crippen molar-refractivity contribution in [2.24, 2.45) is 4.99 Å². The Hall–Kier alpha value is -2.05. The Morgan fingerprint density at radius 3 is 2.42 bits per heavy atom. The van der Waals surface area contributed by atoms with Gasteiger partial charge < -0.3 is 19.6 Å². The van der Waals surface area contributed by atoms with Crippen molar-refractivity contribution in [3.05, 3.63) is 17.5 Å². The van der Waals surface area contributed by atoms with E-state index >= 15 is 0 Å². The summed E-state index contributed by atoms with van der Waals surface area (Å²) in [6.45, 7) is 13.2. The highest BCUT2D eigenvalue weighted by molar-refractivity contribution is 5.86. The lowest BCUT2D eigenvalue weighted by Gasteiger charge is -2.25. The minimum absolute atomic E-state index is 0.0961. The van der Waals surface area contributed by atoms with Gasteiger partial charge in [0.1, 0.15) is 6.54 Å². The van der Waals surface area contributed by atoms with Gasteiger partial charge in [-0.1, -0.05) is 19.0 Å². The Morgan fingerprint density at radius 2 is 1.88 bits per heavy atom. The molecule has 0 aliphatic heterocycles. The number of hydrogen-bond donors (Lipinski definition) is 1. The molecule has 0 aliphatic rings. The number of carbonyl (C=O) groups excluding carboxylic acids is 1. The van der Waals surface area contributed by atoms with Crippen LogP contribution in [-0.4, -0.2) is 60.0 Å². The summed E-state index contributed by atoms with van der Waals surface area (Å²) in [5.41, 5.74) is 0.996. The van der Waals surface area contributed by atoms with Gasteiger partial charge in [-0.3, -0.25) is 4.79 Å². The summed E-state index contributed by atoms with van der Waals surface area (Å²) in [5, 5.41) is 7.41. The number of carbonyl (C=O) groups is 1. The maximum absolute atomic E-state index is 12.3. The minimum atomic E-state index is 0.0961. The zero-order valence-electron chi connectivity index (χ0n) is 17.2. The molecule has 0 atom stereocenters. The van der Waals surface area contributed by atoms with Crippen molar-refractivity contribution in [3.8, 4) is 0 Å². The van der Waals surface area contributed by atoms with E-state index in [0.717, 1.165) is 30.8 Å². The molecule has 0 unspecified atom stereocenters. The normalized spacial score (nSPS) is 11.7. The third-order valence-electron chi connectivity index (χ3n) is 4.55. The van der Waals surface area contributed by atoms with Crippen molar-refractivity contribution in [2.45, 2.75) is 59.9 Å². The smallest absolute Gasteiger partial charge is 0.242 e. The van der Waals surface area contributed by atoms with Crippen LogP contribution in [0.1, 0.15) is 64.8 Å². The Labute approximate surface area is 157 Å². The van der Waals surface area contributed by atoms with Crippen LogP contribution in [0.3, 0.4) is 0 Å². The van der Waals surface area contributed by atoms with Gasteiger partial charge >= 0.3 is 0 Å². The summed E-state index contributed by atoms with van der Waals surface area (Å²) in [5.74, 6) is 1.96. The lowest BCUT2D eigenvalue weighted by molar-refractivity contribution is -0.131. The van der Waals surface area contributed by atoms with Gasteiger partial charge in [-0.2, -0.15) is 0 Å². The van der Waals surface area contributed by atoms with E-state index < -0.39 is 0 Å². The predicted octanol–water partition coefficient (Wildman–Crippen LogP) is 2.84. The van der Waals surface area contributed by atoms with Gasteiger partial charge in [-0.15, -0.1) is 0 Å². The summed E-state index contributed by atoms with van der Waals surface area (Å²) >= 11 is 0. The van der Waals surface area contributed by atoms with Crippen LogP contribution in [0.15, 0.2) is 15.6 Å². The van der Waals surface area contributed by atoms with Crippen molar-refractivity contribution in [3.63, 3.8) is 0 Å². The zero-order valence-corrected chi connectivity index (χ0v) is 17.2. The van der Waals surface area contributed by atoms with Crippen molar-refractivity contribution >= 4 is 11.9 Å². The molecule has 0 fully saturated rings. The van der Waals surface area contributed by atoms with E-state index in [0.29, 0.717) is 38.1 Å². The highest BCUT2D eigenvalue weighted by Gasteiger charge is 2.16. The second-order valence-electron chi connectivity index (χ2n) is 6.32. The molecule has 0 aliphatic carbocycles. The molecular weight excluding hydrogens is 330 g/mol. The van der Waals surface area contributed by atoms with E-state index in [1.165, 1.54) is 0 Å². The highest BCUT2D eigenvalue weighted by atomic mass is 16.5. The SMILES string of the molecule is CCNC(=NCc1cc(C(CC)CC)no1)N(C)CC(=O)N(CC)CC. The molecule has 0 bridgehead atoms. The van der Waals surface area contributed by atoms with Crippen LogP contribution < -0.4 is 5.32 Å². The molecule has 7 heteroatoms. The molecule has 7 nitrogen and oxygen atoms in total. The number of nitrogens with zero attached hydrogens (tertiary/aromatic N) is 4. The van der Waals surface area contributed by atoms with Crippen LogP contribution in [0, 0.1) is 0 Å². The first kappa shape index (κ1) is 22.0. The number of guanidine groups is 1. The number of likely N-dealkylation sites (N-methyl/N-ethyl adjacent to an activating group) is 2. The highest BCUT2D eigenvalue weighted by Crippen LogP contribution is 2.22. The van der Waals surface area contributed by atoms with Gasteiger partial charge in [0, 0.05) is 38.7 Å². The quantitative estimate of drug-likeness (QED) is 0.510. The summed E-state index contributed by atoms with van der Waals surface area (Å²) in [6.07, 6.45) is 2.09. The molecule has 26 heavy (non-hydrogen) atoms. The van der Waals surface area contributed by atoms with E-state index in [4.69, 9.17) is 4.52 Å². The minimum Gasteiger partial charge on any atom is -0.359 e. The van der Waals surface area contributed by atoms with Crippen LogP contribution in [0.4, 0.5) is 0 Å². The van der Waals surface area contributed by atoms with Crippen LogP contribution in [0.2, 0.25) is 0 Å². The van der Waals surface area contributed by atoms with E-state index in [2.05, 4.69) is 29.3 Å². The number of rotatable bonds is 10. The first-order valence-electron chi connectivity index (χ1n) is 9.73. The fraction of sp³-hybridized carbons (Fsp3) is 0.737. The molecule has 0 saturated carbocycles. The molecule has 1 aromatic rings. The molecule has 148 valence electrons. The first-order chi connectivity index (χ1) is 12.5. The largest absolute Gasteiger partial charge is 0.359 e. The van der Waals surface area contributed by atoms with Crippen molar-refractivity contribution in [2.75, 3.05) is 33.2 Å². The number of aliphatic imine (C=N–C) groups is 1. The van der Waals surface area contributed by atoms with E-state index in [-0.39, 0.29) is 5.91 Å². The predicted molar refractivity (Wildman–Crippen MR) is 105 cm³/mol. The van der Waals surface area contributed by atoms with Gasteiger partial charge in [0.05, 0.1) is 12.2 Å². The molecule has 0 aromatic carbocycles. The lowest BCUT2D eigenvalue weighted by Crippen LogP contribution is -2.45. The average molecular weight is 366 g/mol. The van der Waals surface area contributed by atoms with Crippen LogP contribution in [0.5, 0.6) is 0 Å². The van der Waals surface area contributed by atoms with Crippen LogP contribution >= 0.6 is 0 Å². The number of nitrogens with one attached hydrogen (secondary N) is 1. The molecular formula is C19H35N5O2. The third-order valence-corrected chi connectivity index (χ3v) is 4.55. The summed E-state index contributed by atoms with van der Waals surface area (Å²) in [7, 11) is 1.87. The van der Waals surface area contributed by atoms with Gasteiger partial charge in [0.25, 0.3) is 0 Å². The van der Waals surface area contributed by atoms with Gasteiger partial charge in [-0.25, -0.2) is 4.99 Å². The Kier molecular flexibility index (Phi) is 9.76. The molecule has 0 saturated heterocycles. The zero-order chi connectivity index (χ0) is 19.5. The monoisotopic (exact) mass is 365 g/mol. The third kappa shape index (κ3) is 6.35. The fourth-order valence-electron chi connectivity index (χ4n) is 2.88. The molecule has 1 heterocycles. The average Bonchev–Trinajstić information content (AvgIpc) is 3.09. The summed E-state index contributed by atoms with van der Waals surface area (Å²) in [6, 6.07) is 1.99. The second kappa shape index (κ2) is 11.5. The van der Waals surface area contributed by atoms with Crippen molar-refractivity contribution < 1.29 is 9.32 Å². The second-order valence-corrected chi connectivity index (χ2v) is 6.32. The van der Waals surface area contributed by atoms with E-state index in [9.17, 15) is 4.79 Å². The standard InChI is InChI=1S/C19H35N5O2/c1-7-15(8-2)17-12-16(26-22-17)13-21-19(20-9-3)23(6)14-18(25)24(10-4)11-5/h12,15H,7-11,13-14H2,1-6H3,(H,20,21). The van der Waals surface area contributed by atoms with Gasteiger partial charge in [-0.05, 0) is 33.6 Å². The Balaban J connectivity index is 2.77. The number of aromatic nitrogens is 1. The Morgan fingerprint density at radius 1 is 1.23 bits per heavy atom. The molecule has 1 amide bonds. The molecule has 1 rings (SSSR count). The summed E-state index contributed by atoms with van der Waals surface area (Å²) < 4.78 is 5.43. The maximum Gasteiger partial charge on any atom is 0.242 e. The molecule has 0 spiro atoms. The van der Waals surface area contributed by atoms with E-state index in [1.54, 1.807) is 0 Å². The number of amides is 1. The van der Waals surface area contributed by atoms with Gasteiger partial charge in [0.2, 0.25) is 5.91 Å². The number of hydrogen-bond acceptors (Lipinski definition) is 4. The maximum atomic E-state index is 12.3. The van der Waals surface area contributed by atoms with Crippen LogP contribution in [-0.2, 0) is 11.3 Å². The van der Waals surface area contributed by atoms with E-state index in [1.807, 2.05) is 43.7 Å². The topological polar surface area (TPSA) is 74.0 Å². The molecule has 1 N–H and O–H groups in total. The van der Waals surface area contributed by atoms with Gasteiger partial charge in [0.15, 0.2) is 11.7 Å². The Bertz CT molecular complexity index is 562. The van der Waals surface area contributed by atoms with Crippen molar-refractivity contribution in [1.82, 2.24) is 20.3 Å². The molecule has 1 aromatic heterocycles. The molecule has 0 radical (unpaired) electrons. The summed E-state index contributed by atoms with van der Waals surface area (Å²) in [4.78, 5) is 20.6.